The van der Waals surface area contributed by atoms with Crippen molar-refractivity contribution in [3.8, 4) is 0 Å². The van der Waals surface area contributed by atoms with Crippen molar-refractivity contribution in [2.45, 2.75) is 197 Å². The van der Waals surface area contributed by atoms with E-state index in [0.717, 1.165) is 49.4 Å². The van der Waals surface area contributed by atoms with Crippen molar-refractivity contribution in [3.05, 3.63) is 36.0 Å². The summed E-state index contributed by atoms with van der Waals surface area (Å²) in [5.74, 6) is 6.83. The molecule has 0 aromatic heterocycles. The molecule has 0 bridgehead atoms. The highest BCUT2D eigenvalue weighted by atomic mass is 16.5. The minimum atomic E-state index is 0.0662. The van der Waals surface area contributed by atoms with Crippen molar-refractivity contribution in [3.63, 3.8) is 0 Å². The lowest BCUT2D eigenvalue weighted by Crippen LogP contribution is -2.56. The van der Waals surface area contributed by atoms with Gasteiger partial charge in [0.1, 0.15) is 6.10 Å². The van der Waals surface area contributed by atoms with Crippen molar-refractivity contribution in [1.82, 2.24) is 0 Å². The van der Waals surface area contributed by atoms with Gasteiger partial charge < -0.3 is 4.74 Å². The molecule has 4 saturated carbocycles. The molecule has 0 amide bonds. The number of hydrogen-bond acceptors (Lipinski definition) is 2. The van der Waals surface area contributed by atoms with Crippen LogP contribution in [-0.4, -0.2) is 12.1 Å². The minimum absolute atomic E-state index is 0.0662. The highest BCUT2D eigenvalue weighted by Crippen LogP contribution is 2.69. The van der Waals surface area contributed by atoms with Crippen LogP contribution in [0.1, 0.15) is 191 Å². The fourth-order valence-corrected chi connectivity index (χ4v) is 12.3. The second kappa shape index (κ2) is 19.7. The molecule has 0 spiro atoms. The van der Waals surface area contributed by atoms with Crippen LogP contribution in [0.3, 0.4) is 0 Å². The molecule has 2 nitrogen and oxygen atoms in total. The molecule has 0 unspecified atom stereocenters. The summed E-state index contributed by atoms with van der Waals surface area (Å²) in [7, 11) is 0. The molecule has 0 aliphatic heterocycles. The molecule has 4 aliphatic rings. The van der Waals surface area contributed by atoms with Crippen LogP contribution in [0, 0.1) is 64.1 Å². The average Bonchev–Trinajstić information content (AvgIpc) is 3.44. The summed E-state index contributed by atoms with van der Waals surface area (Å²) < 4.78 is 6.28. The zero-order valence-electron chi connectivity index (χ0n) is 34.6. The largest absolute Gasteiger partial charge is 0.462 e. The molecule has 286 valence electrons. The van der Waals surface area contributed by atoms with Gasteiger partial charge in [-0.25, -0.2) is 0 Å². The molecule has 0 radical (unpaired) electrons. The lowest BCUT2D eigenvalue weighted by molar-refractivity contribution is -0.175. The van der Waals surface area contributed by atoms with E-state index in [4.69, 9.17) is 4.74 Å². The van der Waals surface area contributed by atoms with Crippen molar-refractivity contribution < 1.29 is 9.53 Å². The van der Waals surface area contributed by atoms with Crippen LogP contribution in [0.5, 0.6) is 0 Å². The zero-order valence-corrected chi connectivity index (χ0v) is 34.6. The Bertz CT molecular complexity index is 1110. The van der Waals surface area contributed by atoms with E-state index in [1.54, 1.807) is 5.57 Å². The van der Waals surface area contributed by atoms with Crippen molar-refractivity contribution in [2.75, 3.05) is 0 Å². The Morgan fingerprint density at radius 3 is 2.06 bits per heavy atom. The van der Waals surface area contributed by atoms with E-state index >= 15 is 0 Å². The normalized spacial score (nSPS) is 35.6. The summed E-state index contributed by atoms with van der Waals surface area (Å²) in [5, 5.41) is 0. The highest BCUT2D eigenvalue weighted by Gasteiger charge is 2.61. The quantitative estimate of drug-likeness (QED) is 0.0766. The van der Waals surface area contributed by atoms with Gasteiger partial charge in [-0.05, 0) is 161 Å². The van der Waals surface area contributed by atoms with E-state index in [0.29, 0.717) is 46.8 Å². The number of hydrogen-bond donors (Lipinski definition) is 0. The molecule has 4 rings (SSSR count). The van der Waals surface area contributed by atoms with Gasteiger partial charge in [0.25, 0.3) is 0 Å². The predicted octanol–water partition coefficient (Wildman–Crippen LogP) is 14.5. The first-order chi connectivity index (χ1) is 23.9. The number of carbonyl (C=O) groups excluding carboxylic acids is 1. The summed E-state index contributed by atoms with van der Waals surface area (Å²) in [5.41, 5.74) is 2.53. The van der Waals surface area contributed by atoms with E-state index in [1.807, 2.05) is 0 Å². The Morgan fingerprint density at radius 2 is 1.36 bits per heavy atom. The first kappa shape index (κ1) is 41.4. The average molecular weight is 691 g/mol. The van der Waals surface area contributed by atoms with Gasteiger partial charge >= 0.3 is 5.97 Å². The van der Waals surface area contributed by atoms with Crippen LogP contribution in [0.4, 0.5) is 0 Å². The number of ether oxygens (including phenoxy) is 1. The molecule has 0 N–H and O–H groups in total. The number of rotatable bonds is 19. The molecule has 4 fully saturated rings. The third-order valence-corrected chi connectivity index (χ3v) is 15.7. The van der Waals surface area contributed by atoms with Gasteiger partial charge in [-0.2, -0.15) is 0 Å². The van der Waals surface area contributed by atoms with Crippen LogP contribution in [0.25, 0.3) is 0 Å². The minimum Gasteiger partial charge on any atom is -0.462 e. The molecule has 4 aliphatic carbocycles. The van der Waals surface area contributed by atoms with Gasteiger partial charge in [0.2, 0.25) is 0 Å². The Kier molecular flexibility index (Phi) is 16.3. The van der Waals surface area contributed by atoms with E-state index in [2.05, 4.69) is 92.7 Å². The van der Waals surface area contributed by atoms with E-state index in [-0.39, 0.29) is 12.1 Å². The maximum Gasteiger partial charge on any atom is 0.306 e. The van der Waals surface area contributed by atoms with Gasteiger partial charge in [-0.3, -0.25) is 4.79 Å². The van der Waals surface area contributed by atoms with Crippen molar-refractivity contribution >= 4 is 5.97 Å². The van der Waals surface area contributed by atoms with Gasteiger partial charge in [-0.1, -0.05) is 123 Å². The topological polar surface area (TPSA) is 26.3 Å². The van der Waals surface area contributed by atoms with E-state index in [1.165, 1.54) is 96.3 Å². The predicted molar refractivity (Wildman–Crippen MR) is 216 cm³/mol. The Balaban J connectivity index is 1.17. The fourth-order valence-electron chi connectivity index (χ4n) is 12.3. The van der Waals surface area contributed by atoms with Crippen molar-refractivity contribution in [2.24, 2.45) is 64.1 Å². The van der Waals surface area contributed by atoms with Crippen LogP contribution in [-0.2, 0) is 9.53 Å². The maximum atomic E-state index is 13.0. The second-order valence-corrected chi connectivity index (χ2v) is 19.0. The monoisotopic (exact) mass is 691 g/mol. The van der Waals surface area contributed by atoms with Crippen LogP contribution in [0.15, 0.2) is 36.0 Å². The molecule has 0 aromatic carbocycles. The molecule has 0 heterocycles. The Hall–Kier alpha value is -1.31. The SMILES string of the molecule is CCCCC/C=C\C/C=C\CCCCCCCC(=O)O[C@H]1CC[C@@]2(C)[C@@H](CC[C@@H]3[C@@H]2CC[C@]2(C)[C@@H]([C@H](C)/C=C(\C)[C@H](C)C(C)C)CC[C@@H]32)[C@@H]1C. The number of esters is 1. The first-order valence-electron chi connectivity index (χ1n) is 22.1. The molecule has 11 atom stereocenters. The van der Waals surface area contributed by atoms with Gasteiger partial charge in [-0.15, -0.1) is 0 Å². The molecule has 0 saturated heterocycles. The molecule has 50 heavy (non-hydrogen) atoms. The van der Waals surface area contributed by atoms with E-state index in [9.17, 15) is 4.79 Å². The van der Waals surface area contributed by atoms with Gasteiger partial charge in [0.15, 0.2) is 0 Å². The Labute approximate surface area is 311 Å². The summed E-state index contributed by atoms with van der Waals surface area (Å²) >= 11 is 0. The first-order valence-corrected chi connectivity index (χ1v) is 22.1. The number of unbranched alkanes of at least 4 members (excludes halogenated alkanes) is 8. The molecule has 2 heteroatoms. The lowest BCUT2D eigenvalue weighted by atomic mass is 9.43. The van der Waals surface area contributed by atoms with Crippen LogP contribution in [0.2, 0.25) is 0 Å². The highest BCUT2D eigenvalue weighted by molar-refractivity contribution is 5.69. The smallest absolute Gasteiger partial charge is 0.306 e. The third kappa shape index (κ3) is 10.2. The molecular formula is C48H82O2. The number of carbonyl (C=O) groups is 1. The lowest BCUT2D eigenvalue weighted by Gasteiger charge is -2.62. The van der Waals surface area contributed by atoms with Crippen LogP contribution >= 0.6 is 0 Å². The third-order valence-electron chi connectivity index (χ3n) is 15.7. The zero-order chi connectivity index (χ0) is 36.3. The summed E-state index contributed by atoms with van der Waals surface area (Å²) in [4.78, 5) is 13.0. The molecule has 0 aromatic rings. The summed E-state index contributed by atoms with van der Waals surface area (Å²) in [6.45, 7) is 22.2. The number of allylic oxidation sites excluding steroid dienone is 6. The van der Waals surface area contributed by atoms with Crippen molar-refractivity contribution in [1.29, 1.82) is 0 Å². The van der Waals surface area contributed by atoms with E-state index < -0.39 is 0 Å². The summed E-state index contributed by atoms with van der Waals surface area (Å²) in [6, 6.07) is 0. The fraction of sp³-hybridized carbons (Fsp3) is 0.854. The van der Waals surface area contributed by atoms with Gasteiger partial charge in [0, 0.05) is 6.42 Å². The maximum absolute atomic E-state index is 13.0. The number of fused-ring (bicyclic) bond motifs is 5. The Morgan fingerprint density at radius 1 is 0.740 bits per heavy atom. The van der Waals surface area contributed by atoms with Gasteiger partial charge in [0.05, 0.1) is 0 Å². The second-order valence-electron chi connectivity index (χ2n) is 19.0. The van der Waals surface area contributed by atoms with Crippen LogP contribution < -0.4 is 0 Å². The molecular weight excluding hydrogens is 609 g/mol. The standard InChI is InChI=1S/C48H82O2/c1-10-11-12-13-14-15-16-17-18-19-20-21-22-23-24-25-46(49)50-45-31-33-48(9)42(39(45)7)27-26-40-43-29-28-41(47(43,8)32-30-44(40)48)37(5)34-36(4)38(6)35(2)3/h14-15,17-18,34-35,37-45H,10-13,16,19-33H2,1-9H3/b15-14-,18-17-,36-34+/t37-,38-,39+,40+,41-,42+,43+,44+,45+,47-,48+/m1/s1. The summed E-state index contributed by atoms with van der Waals surface area (Å²) in [6.07, 6.45) is 36.9.